The van der Waals surface area contributed by atoms with Crippen molar-refractivity contribution in [1.82, 2.24) is 9.55 Å². The number of carbonyl (C=O) groups excluding carboxylic acids is 1. The van der Waals surface area contributed by atoms with E-state index in [1.165, 1.54) is 12.1 Å². The van der Waals surface area contributed by atoms with Crippen molar-refractivity contribution in [3.05, 3.63) is 77.4 Å². The highest BCUT2D eigenvalue weighted by Gasteiger charge is 2.27. The van der Waals surface area contributed by atoms with Gasteiger partial charge in [0.25, 0.3) is 5.91 Å². The Kier molecular flexibility index (Phi) is 4.24. The lowest BCUT2D eigenvalue weighted by Gasteiger charge is -2.13. The van der Waals surface area contributed by atoms with Crippen molar-refractivity contribution in [2.75, 3.05) is 0 Å². The van der Waals surface area contributed by atoms with Gasteiger partial charge in [-0.1, -0.05) is 18.2 Å². The molecule has 0 saturated heterocycles. The minimum absolute atomic E-state index is 0.140. The second-order valence-electron chi connectivity index (χ2n) is 6.50. The lowest BCUT2D eigenvalue weighted by Crippen LogP contribution is -2.14. The summed E-state index contributed by atoms with van der Waals surface area (Å²) in [6.45, 7) is 1.67. The average molecular weight is 386 g/mol. The molecule has 0 radical (unpaired) electrons. The van der Waals surface area contributed by atoms with Gasteiger partial charge in [-0.15, -0.1) is 0 Å². The molecule has 0 bridgehead atoms. The van der Waals surface area contributed by atoms with Crippen LogP contribution in [0, 0.1) is 24.1 Å². The van der Waals surface area contributed by atoms with Gasteiger partial charge >= 0.3 is 0 Å². The molecule has 0 fully saturated rings. The van der Waals surface area contributed by atoms with Gasteiger partial charge in [-0.2, -0.15) is 5.26 Å². The number of aromatic hydroxyl groups is 1. The summed E-state index contributed by atoms with van der Waals surface area (Å²) in [6, 6.07) is 17.0. The van der Waals surface area contributed by atoms with E-state index in [0.29, 0.717) is 22.5 Å². The van der Waals surface area contributed by atoms with Crippen molar-refractivity contribution >= 4 is 16.8 Å². The molecular formula is C22H15FN4O2. The zero-order valence-electron chi connectivity index (χ0n) is 15.3. The minimum atomic E-state index is -0.896. The number of hydrogen-bond acceptors (Lipinski definition) is 4. The first-order valence-electron chi connectivity index (χ1n) is 8.73. The molecule has 0 atom stereocenters. The second kappa shape index (κ2) is 6.77. The molecule has 0 aliphatic heterocycles. The number of halogens is 1. The van der Waals surface area contributed by atoms with Gasteiger partial charge in [0.15, 0.2) is 11.4 Å². The first kappa shape index (κ1) is 18.2. The summed E-state index contributed by atoms with van der Waals surface area (Å²) < 4.78 is 15.3. The summed E-state index contributed by atoms with van der Waals surface area (Å²) in [6.07, 6.45) is 0. The summed E-state index contributed by atoms with van der Waals surface area (Å²) in [4.78, 5) is 15.9. The van der Waals surface area contributed by atoms with Crippen LogP contribution in [0.25, 0.3) is 27.8 Å². The van der Waals surface area contributed by atoms with Gasteiger partial charge in [0.05, 0.1) is 27.9 Å². The Morgan fingerprint density at radius 1 is 1.17 bits per heavy atom. The van der Waals surface area contributed by atoms with Crippen molar-refractivity contribution in [3.63, 3.8) is 0 Å². The van der Waals surface area contributed by atoms with E-state index in [2.05, 4.69) is 11.1 Å². The molecule has 0 aliphatic rings. The first-order chi connectivity index (χ1) is 13.9. The smallest absolute Gasteiger partial charge is 0.271 e. The van der Waals surface area contributed by atoms with E-state index in [9.17, 15) is 19.6 Å². The Bertz CT molecular complexity index is 1300. The second-order valence-corrected chi connectivity index (χ2v) is 6.50. The van der Waals surface area contributed by atoms with Crippen LogP contribution in [-0.2, 0) is 0 Å². The molecule has 4 aromatic rings. The number of nitriles is 1. The number of pyridine rings is 1. The number of primary amides is 1. The zero-order chi connectivity index (χ0) is 20.7. The van der Waals surface area contributed by atoms with Crippen molar-refractivity contribution in [2.45, 2.75) is 6.92 Å². The molecule has 4 rings (SSSR count). The Morgan fingerprint density at radius 3 is 2.41 bits per heavy atom. The third-order valence-corrected chi connectivity index (χ3v) is 4.73. The van der Waals surface area contributed by atoms with E-state index in [1.807, 2.05) is 30.3 Å². The summed E-state index contributed by atoms with van der Waals surface area (Å²) in [5.74, 6) is -1.76. The Labute approximate surface area is 165 Å². The minimum Gasteiger partial charge on any atom is -0.505 e. The van der Waals surface area contributed by atoms with Gasteiger partial charge in [0.1, 0.15) is 11.9 Å². The molecule has 2 aromatic carbocycles. The van der Waals surface area contributed by atoms with E-state index >= 15 is 0 Å². The van der Waals surface area contributed by atoms with Gasteiger partial charge in [-0.3, -0.25) is 4.79 Å². The molecule has 0 spiro atoms. The van der Waals surface area contributed by atoms with Crippen molar-refractivity contribution in [2.24, 2.45) is 5.73 Å². The molecule has 7 heteroatoms. The molecule has 142 valence electrons. The molecule has 2 heterocycles. The monoisotopic (exact) mass is 386 g/mol. The molecule has 6 nitrogen and oxygen atoms in total. The molecule has 0 aliphatic carbocycles. The van der Waals surface area contributed by atoms with Crippen LogP contribution in [0.3, 0.4) is 0 Å². The molecule has 1 amide bonds. The molecular weight excluding hydrogens is 371 g/mol. The van der Waals surface area contributed by atoms with E-state index in [-0.39, 0.29) is 16.6 Å². The number of rotatable bonds is 3. The number of hydrogen-bond donors (Lipinski definition) is 2. The molecule has 29 heavy (non-hydrogen) atoms. The quantitative estimate of drug-likeness (QED) is 0.558. The number of aromatic nitrogens is 2. The van der Waals surface area contributed by atoms with Crippen LogP contribution in [0.15, 0.2) is 54.6 Å². The van der Waals surface area contributed by atoms with Gasteiger partial charge in [0, 0.05) is 11.3 Å². The molecule has 2 aromatic heterocycles. The van der Waals surface area contributed by atoms with E-state index in [0.717, 1.165) is 5.69 Å². The van der Waals surface area contributed by atoms with Gasteiger partial charge < -0.3 is 15.4 Å². The Hall–Kier alpha value is -4.18. The zero-order valence-corrected chi connectivity index (χ0v) is 15.3. The van der Waals surface area contributed by atoms with Crippen LogP contribution >= 0.6 is 0 Å². The number of aryl methyl sites for hydroxylation is 1. The lowest BCUT2D eigenvalue weighted by atomic mass is 10.0. The van der Waals surface area contributed by atoms with Gasteiger partial charge in [-0.05, 0) is 43.3 Å². The van der Waals surface area contributed by atoms with E-state index < -0.39 is 17.5 Å². The fraction of sp³-hybridized carbons (Fsp3) is 0.0455. The number of nitrogens with two attached hydrogens (primary N) is 1. The number of benzene rings is 2. The number of amides is 1. The molecule has 0 saturated carbocycles. The largest absolute Gasteiger partial charge is 0.505 e. The third kappa shape index (κ3) is 2.78. The van der Waals surface area contributed by atoms with Crippen molar-refractivity contribution in [1.29, 1.82) is 5.26 Å². The number of nitrogens with zero attached hydrogens (tertiary/aromatic N) is 3. The SMILES string of the molecule is Cc1nc(C(N)=O)c(O)c2c(C#N)c(-c3ccc(F)cc3)n(-c3ccccc3)c12. The van der Waals surface area contributed by atoms with Crippen LogP contribution in [0.1, 0.15) is 21.7 Å². The fourth-order valence-corrected chi connectivity index (χ4v) is 3.53. The highest BCUT2D eigenvalue weighted by Crippen LogP contribution is 2.41. The first-order valence-corrected chi connectivity index (χ1v) is 8.73. The maximum Gasteiger partial charge on any atom is 0.271 e. The maximum absolute atomic E-state index is 13.5. The predicted octanol–water partition coefficient (Wildman–Crippen LogP) is 3.82. The lowest BCUT2D eigenvalue weighted by molar-refractivity contribution is 0.0993. The summed E-state index contributed by atoms with van der Waals surface area (Å²) in [5, 5.41) is 20.9. The van der Waals surface area contributed by atoms with Gasteiger partial charge in [-0.25, -0.2) is 9.37 Å². The average Bonchev–Trinajstić information content (AvgIpc) is 3.07. The standard InChI is InChI=1S/C22H15FN4O2/c1-12-19-17(21(28)18(26-12)22(25)29)16(11-24)20(13-7-9-14(23)10-8-13)27(19)15-5-3-2-4-6-15/h2-10,28H,1H3,(H2,25,29). The third-order valence-electron chi connectivity index (χ3n) is 4.73. The number of carbonyl (C=O) groups is 1. The van der Waals surface area contributed by atoms with Crippen molar-refractivity contribution < 1.29 is 14.3 Å². The number of para-hydroxylation sites is 1. The molecule has 0 unspecified atom stereocenters. The Balaban J connectivity index is 2.25. The van der Waals surface area contributed by atoms with E-state index in [4.69, 9.17) is 5.73 Å². The van der Waals surface area contributed by atoms with Crippen LogP contribution in [-0.4, -0.2) is 20.6 Å². The van der Waals surface area contributed by atoms with E-state index in [1.54, 1.807) is 23.6 Å². The normalized spacial score (nSPS) is 10.8. The van der Waals surface area contributed by atoms with Crippen molar-refractivity contribution in [3.8, 4) is 28.8 Å². The van der Waals surface area contributed by atoms with Crippen LogP contribution < -0.4 is 5.73 Å². The highest BCUT2D eigenvalue weighted by atomic mass is 19.1. The predicted molar refractivity (Wildman–Crippen MR) is 106 cm³/mol. The summed E-state index contributed by atoms with van der Waals surface area (Å²) >= 11 is 0. The van der Waals surface area contributed by atoms with Crippen LogP contribution in [0.5, 0.6) is 5.75 Å². The molecule has 3 N–H and O–H groups in total. The summed E-state index contributed by atoms with van der Waals surface area (Å²) in [7, 11) is 0. The summed E-state index contributed by atoms with van der Waals surface area (Å²) in [5.41, 5.74) is 7.82. The Morgan fingerprint density at radius 2 is 1.83 bits per heavy atom. The maximum atomic E-state index is 13.5. The fourth-order valence-electron chi connectivity index (χ4n) is 3.53. The highest BCUT2D eigenvalue weighted by molar-refractivity contribution is 6.06. The number of fused-ring (bicyclic) bond motifs is 1. The van der Waals surface area contributed by atoms with Crippen LogP contribution in [0.2, 0.25) is 0 Å². The van der Waals surface area contributed by atoms with Crippen LogP contribution in [0.4, 0.5) is 4.39 Å². The van der Waals surface area contributed by atoms with Gasteiger partial charge in [0.2, 0.25) is 0 Å². The topological polar surface area (TPSA) is 105 Å².